The third-order valence-electron chi connectivity index (χ3n) is 3.54. The number of thioether (sulfide) groups is 1. The fraction of sp³-hybridized carbons (Fsp3) is 0.471. The molecule has 25 heavy (non-hydrogen) atoms. The third kappa shape index (κ3) is 6.96. The predicted octanol–water partition coefficient (Wildman–Crippen LogP) is 2.56. The van der Waals surface area contributed by atoms with Crippen LogP contribution in [0.3, 0.4) is 0 Å². The first-order valence-electron chi connectivity index (χ1n) is 7.98. The van der Waals surface area contributed by atoms with E-state index in [0.717, 1.165) is 0 Å². The van der Waals surface area contributed by atoms with E-state index in [0.29, 0.717) is 30.0 Å². The Morgan fingerprint density at radius 3 is 2.40 bits per heavy atom. The SMILES string of the molecule is CCCC(NC(=O)C(CCSC)NC(=O)c1ccccc1Cl)C(=O)O. The number of hydrogen-bond acceptors (Lipinski definition) is 4. The summed E-state index contributed by atoms with van der Waals surface area (Å²) in [5.41, 5.74) is 0.273. The van der Waals surface area contributed by atoms with Gasteiger partial charge in [-0.2, -0.15) is 11.8 Å². The standard InChI is InChI=1S/C17H23ClN2O4S/c1-3-6-14(17(23)24)20-16(22)13(9-10-25-2)19-15(21)11-7-4-5-8-12(11)18/h4-5,7-8,13-14H,3,6,9-10H2,1-2H3,(H,19,21)(H,20,22)(H,23,24). The van der Waals surface area contributed by atoms with Crippen molar-refractivity contribution in [1.29, 1.82) is 0 Å². The molecule has 0 radical (unpaired) electrons. The van der Waals surface area contributed by atoms with E-state index in [-0.39, 0.29) is 5.56 Å². The van der Waals surface area contributed by atoms with E-state index >= 15 is 0 Å². The van der Waals surface area contributed by atoms with E-state index < -0.39 is 29.9 Å². The quantitative estimate of drug-likeness (QED) is 0.574. The molecule has 0 aliphatic carbocycles. The summed E-state index contributed by atoms with van der Waals surface area (Å²) in [6.07, 6.45) is 3.23. The summed E-state index contributed by atoms with van der Waals surface area (Å²) >= 11 is 7.55. The molecule has 3 N–H and O–H groups in total. The Bertz CT molecular complexity index is 612. The largest absolute Gasteiger partial charge is 0.480 e. The maximum atomic E-state index is 12.5. The van der Waals surface area contributed by atoms with Gasteiger partial charge in [-0.3, -0.25) is 9.59 Å². The number of carboxylic acids is 1. The topological polar surface area (TPSA) is 95.5 Å². The summed E-state index contributed by atoms with van der Waals surface area (Å²) in [4.78, 5) is 36.1. The highest BCUT2D eigenvalue weighted by atomic mass is 35.5. The average Bonchev–Trinajstić information content (AvgIpc) is 2.58. The number of amides is 2. The molecule has 0 saturated carbocycles. The van der Waals surface area contributed by atoms with Crippen molar-refractivity contribution < 1.29 is 19.5 Å². The lowest BCUT2D eigenvalue weighted by atomic mass is 10.1. The van der Waals surface area contributed by atoms with Gasteiger partial charge < -0.3 is 15.7 Å². The normalized spacial score (nSPS) is 12.9. The molecular formula is C17H23ClN2O4S. The van der Waals surface area contributed by atoms with Gasteiger partial charge in [-0.05, 0) is 37.0 Å². The molecule has 0 aromatic heterocycles. The van der Waals surface area contributed by atoms with Crippen LogP contribution in [-0.2, 0) is 9.59 Å². The Labute approximate surface area is 156 Å². The molecule has 2 atom stereocenters. The molecule has 2 unspecified atom stereocenters. The smallest absolute Gasteiger partial charge is 0.326 e. The summed E-state index contributed by atoms with van der Waals surface area (Å²) in [6, 6.07) is 4.76. The van der Waals surface area contributed by atoms with Crippen LogP contribution in [0.2, 0.25) is 5.02 Å². The van der Waals surface area contributed by atoms with Gasteiger partial charge in [0.2, 0.25) is 5.91 Å². The number of aliphatic carboxylic acids is 1. The number of carbonyl (C=O) groups is 3. The Kier molecular flexibility index (Phi) is 9.37. The van der Waals surface area contributed by atoms with E-state index in [1.165, 1.54) is 11.8 Å². The second-order valence-corrected chi connectivity index (χ2v) is 6.87. The molecule has 0 saturated heterocycles. The Morgan fingerprint density at radius 1 is 1.16 bits per heavy atom. The second-order valence-electron chi connectivity index (χ2n) is 5.48. The molecular weight excluding hydrogens is 364 g/mol. The minimum absolute atomic E-state index is 0.273. The maximum Gasteiger partial charge on any atom is 0.326 e. The number of nitrogens with one attached hydrogen (secondary N) is 2. The average molecular weight is 387 g/mol. The molecule has 1 aromatic carbocycles. The maximum absolute atomic E-state index is 12.5. The van der Waals surface area contributed by atoms with E-state index in [9.17, 15) is 19.5 Å². The fourth-order valence-corrected chi connectivity index (χ4v) is 2.90. The van der Waals surface area contributed by atoms with Crippen LogP contribution in [0.4, 0.5) is 0 Å². The Hall–Kier alpha value is -1.73. The van der Waals surface area contributed by atoms with Crippen molar-refractivity contribution in [2.24, 2.45) is 0 Å². The summed E-state index contributed by atoms with van der Waals surface area (Å²) in [7, 11) is 0. The van der Waals surface area contributed by atoms with Crippen molar-refractivity contribution in [3.63, 3.8) is 0 Å². The number of carbonyl (C=O) groups excluding carboxylic acids is 2. The second kappa shape index (κ2) is 11.0. The first-order chi connectivity index (χ1) is 11.9. The van der Waals surface area contributed by atoms with Crippen LogP contribution in [0.25, 0.3) is 0 Å². The van der Waals surface area contributed by atoms with Crippen LogP contribution in [0.1, 0.15) is 36.5 Å². The minimum Gasteiger partial charge on any atom is -0.480 e. The van der Waals surface area contributed by atoms with E-state index in [4.69, 9.17) is 11.6 Å². The highest BCUT2D eigenvalue weighted by Gasteiger charge is 2.26. The molecule has 6 nitrogen and oxygen atoms in total. The van der Waals surface area contributed by atoms with Gasteiger partial charge >= 0.3 is 5.97 Å². The van der Waals surface area contributed by atoms with Gasteiger partial charge in [-0.1, -0.05) is 37.1 Å². The van der Waals surface area contributed by atoms with Crippen molar-refractivity contribution in [3.05, 3.63) is 34.9 Å². The zero-order chi connectivity index (χ0) is 18.8. The van der Waals surface area contributed by atoms with Crippen LogP contribution >= 0.6 is 23.4 Å². The summed E-state index contributed by atoms with van der Waals surface area (Å²) in [5.74, 6) is -1.41. The van der Waals surface area contributed by atoms with Crippen LogP contribution in [-0.4, -0.2) is 47.0 Å². The van der Waals surface area contributed by atoms with Crippen LogP contribution < -0.4 is 10.6 Å². The number of rotatable bonds is 10. The molecule has 0 aliphatic rings. The van der Waals surface area contributed by atoms with E-state index in [2.05, 4.69) is 10.6 Å². The number of hydrogen-bond donors (Lipinski definition) is 3. The first kappa shape index (κ1) is 21.3. The van der Waals surface area contributed by atoms with Gasteiger partial charge in [0, 0.05) is 0 Å². The van der Waals surface area contributed by atoms with Crippen molar-refractivity contribution in [1.82, 2.24) is 10.6 Å². The van der Waals surface area contributed by atoms with Crippen molar-refractivity contribution in [2.45, 2.75) is 38.3 Å². The molecule has 0 spiro atoms. The van der Waals surface area contributed by atoms with Gasteiger partial charge in [0.1, 0.15) is 12.1 Å². The highest BCUT2D eigenvalue weighted by Crippen LogP contribution is 2.15. The highest BCUT2D eigenvalue weighted by molar-refractivity contribution is 7.98. The van der Waals surface area contributed by atoms with E-state index in [1.54, 1.807) is 24.3 Å². The summed E-state index contributed by atoms with van der Waals surface area (Å²) < 4.78 is 0. The lowest BCUT2D eigenvalue weighted by molar-refractivity contribution is -0.142. The minimum atomic E-state index is -1.09. The van der Waals surface area contributed by atoms with Gasteiger partial charge in [-0.25, -0.2) is 4.79 Å². The first-order valence-corrected chi connectivity index (χ1v) is 9.75. The van der Waals surface area contributed by atoms with Crippen LogP contribution in [0.5, 0.6) is 0 Å². The van der Waals surface area contributed by atoms with Crippen molar-refractivity contribution in [2.75, 3.05) is 12.0 Å². The third-order valence-corrected chi connectivity index (χ3v) is 4.52. The molecule has 0 aliphatic heterocycles. The molecule has 1 rings (SSSR count). The number of carboxylic acid groups (broad SMARTS) is 1. The summed E-state index contributed by atoms with van der Waals surface area (Å²) in [6.45, 7) is 1.84. The number of halogens is 1. The molecule has 2 amide bonds. The lowest BCUT2D eigenvalue weighted by Gasteiger charge is -2.21. The lowest BCUT2D eigenvalue weighted by Crippen LogP contribution is -2.51. The molecule has 0 heterocycles. The fourth-order valence-electron chi connectivity index (χ4n) is 2.20. The van der Waals surface area contributed by atoms with Gasteiger partial charge in [-0.15, -0.1) is 0 Å². The van der Waals surface area contributed by atoms with Gasteiger partial charge in [0.25, 0.3) is 5.91 Å². The number of benzene rings is 1. The van der Waals surface area contributed by atoms with Gasteiger partial charge in [0.05, 0.1) is 10.6 Å². The zero-order valence-corrected chi connectivity index (χ0v) is 15.8. The molecule has 0 bridgehead atoms. The van der Waals surface area contributed by atoms with Crippen molar-refractivity contribution >= 4 is 41.1 Å². The Balaban J connectivity index is 2.85. The molecule has 1 aromatic rings. The molecule has 138 valence electrons. The Morgan fingerprint density at radius 2 is 1.84 bits per heavy atom. The summed E-state index contributed by atoms with van der Waals surface area (Å²) in [5, 5.41) is 14.6. The predicted molar refractivity (Wildman–Crippen MR) is 100 cm³/mol. The zero-order valence-electron chi connectivity index (χ0n) is 14.3. The van der Waals surface area contributed by atoms with Crippen molar-refractivity contribution in [3.8, 4) is 0 Å². The molecule has 8 heteroatoms. The van der Waals surface area contributed by atoms with Crippen LogP contribution in [0.15, 0.2) is 24.3 Å². The van der Waals surface area contributed by atoms with E-state index in [1.807, 2.05) is 13.2 Å². The monoisotopic (exact) mass is 386 g/mol. The van der Waals surface area contributed by atoms with Crippen LogP contribution in [0, 0.1) is 0 Å². The molecule has 0 fully saturated rings. The van der Waals surface area contributed by atoms with Gasteiger partial charge in [0.15, 0.2) is 0 Å².